The minimum atomic E-state index is -1.65. The molecule has 1 amide bonds. The summed E-state index contributed by atoms with van der Waals surface area (Å²) in [6.45, 7) is 4.49. The van der Waals surface area contributed by atoms with E-state index in [4.69, 9.17) is 0 Å². The molecule has 164 valence electrons. The highest BCUT2D eigenvalue weighted by molar-refractivity contribution is 6.43. The predicted octanol–water partition coefficient (Wildman–Crippen LogP) is 1.11. The molecule has 0 radical (unpaired) electrons. The molecule has 1 aromatic rings. The van der Waals surface area contributed by atoms with E-state index in [0.717, 1.165) is 25.2 Å². The first-order valence-electron chi connectivity index (χ1n) is 10.7. The maximum Gasteiger partial charge on any atom is 0.475 e. The Morgan fingerprint density at radius 2 is 1.93 bits per heavy atom. The molecule has 0 bridgehead atoms. The summed E-state index contributed by atoms with van der Waals surface area (Å²) in [5, 5.41) is 22.0. The molecule has 1 aromatic heterocycles. The van der Waals surface area contributed by atoms with Gasteiger partial charge in [-0.15, -0.1) is 0 Å². The van der Waals surface area contributed by atoms with Crippen molar-refractivity contribution < 1.29 is 24.0 Å². The SMILES string of the molecule is CC(C)C[C@H](NC(=O)[C@@H](CC(=O)[C@@H]1CCN1c1ncc(F)cn1)CC1CC1)B(O)O. The minimum absolute atomic E-state index is 0.0695. The lowest BCUT2D eigenvalue weighted by Crippen LogP contribution is -2.54. The number of hydrogen-bond acceptors (Lipinski definition) is 7. The summed E-state index contributed by atoms with van der Waals surface area (Å²) in [6.07, 6.45) is 6.02. The number of anilines is 1. The molecular formula is C20H30BFN4O4. The van der Waals surface area contributed by atoms with Crippen molar-refractivity contribution in [1.29, 1.82) is 0 Å². The third-order valence-corrected chi connectivity index (χ3v) is 5.80. The highest BCUT2D eigenvalue weighted by Gasteiger charge is 2.39. The molecule has 0 spiro atoms. The second kappa shape index (κ2) is 9.83. The fourth-order valence-electron chi connectivity index (χ4n) is 3.90. The van der Waals surface area contributed by atoms with Crippen LogP contribution in [-0.2, 0) is 9.59 Å². The van der Waals surface area contributed by atoms with Crippen molar-refractivity contribution in [1.82, 2.24) is 15.3 Å². The van der Waals surface area contributed by atoms with Gasteiger partial charge in [0.1, 0.15) is 0 Å². The third-order valence-electron chi connectivity index (χ3n) is 5.80. The lowest BCUT2D eigenvalue weighted by Gasteiger charge is -2.40. The number of amides is 1. The van der Waals surface area contributed by atoms with E-state index in [9.17, 15) is 24.0 Å². The maximum atomic E-state index is 13.1. The Morgan fingerprint density at radius 3 is 2.43 bits per heavy atom. The molecule has 1 saturated carbocycles. The van der Waals surface area contributed by atoms with Crippen molar-refractivity contribution in [2.24, 2.45) is 17.8 Å². The average molecular weight is 420 g/mol. The van der Waals surface area contributed by atoms with Crippen LogP contribution < -0.4 is 10.2 Å². The summed E-state index contributed by atoms with van der Waals surface area (Å²) in [5.41, 5.74) is 0. The van der Waals surface area contributed by atoms with Crippen molar-refractivity contribution in [3.8, 4) is 0 Å². The zero-order valence-corrected chi connectivity index (χ0v) is 17.5. The van der Waals surface area contributed by atoms with Gasteiger partial charge >= 0.3 is 7.12 Å². The lowest BCUT2D eigenvalue weighted by molar-refractivity contribution is -0.131. The highest BCUT2D eigenvalue weighted by Crippen LogP contribution is 2.37. The Morgan fingerprint density at radius 1 is 1.27 bits per heavy atom. The molecule has 3 rings (SSSR count). The molecule has 1 saturated heterocycles. The molecule has 10 heteroatoms. The molecule has 8 nitrogen and oxygen atoms in total. The van der Waals surface area contributed by atoms with E-state index in [1.54, 1.807) is 4.90 Å². The standard InChI is InChI=1S/C20H30BFN4O4/c1-12(2)7-18(21(29)30)25-19(28)14(8-13-3-4-13)9-17(27)16-5-6-26(16)20-23-10-15(22)11-24-20/h10-14,16,18,29-30H,3-9H2,1-2H3,(H,25,28)/t14-,16+,18+/m1/s1. The van der Waals surface area contributed by atoms with Crippen LogP contribution >= 0.6 is 0 Å². The minimum Gasteiger partial charge on any atom is -0.426 e. The molecule has 3 atom stereocenters. The molecule has 0 unspecified atom stereocenters. The summed E-state index contributed by atoms with van der Waals surface area (Å²) in [5.74, 6) is -1.25. The first kappa shape index (κ1) is 22.6. The summed E-state index contributed by atoms with van der Waals surface area (Å²) in [7, 11) is -1.65. The monoisotopic (exact) mass is 420 g/mol. The van der Waals surface area contributed by atoms with Gasteiger partial charge in [0.15, 0.2) is 11.6 Å². The van der Waals surface area contributed by atoms with Gasteiger partial charge in [-0.05, 0) is 31.1 Å². The van der Waals surface area contributed by atoms with Gasteiger partial charge in [0, 0.05) is 18.9 Å². The number of aromatic nitrogens is 2. The van der Waals surface area contributed by atoms with Crippen LogP contribution in [-0.4, -0.2) is 57.4 Å². The van der Waals surface area contributed by atoms with Crippen LogP contribution in [0.25, 0.3) is 0 Å². The van der Waals surface area contributed by atoms with Crippen LogP contribution in [0.2, 0.25) is 0 Å². The molecule has 0 aromatic carbocycles. The van der Waals surface area contributed by atoms with Crippen molar-refractivity contribution in [2.75, 3.05) is 11.4 Å². The summed E-state index contributed by atoms with van der Waals surface area (Å²) >= 11 is 0. The van der Waals surface area contributed by atoms with E-state index < -0.39 is 30.8 Å². The molecule has 3 N–H and O–H groups in total. The van der Waals surface area contributed by atoms with Crippen molar-refractivity contribution in [3.63, 3.8) is 0 Å². The first-order valence-corrected chi connectivity index (χ1v) is 10.7. The third kappa shape index (κ3) is 5.98. The fourth-order valence-corrected chi connectivity index (χ4v) is 3.90. The van der Waals surface area contributed by atoms with Crippen LogP contribution in [0.3, 0.4) is 0 Å². The molecule has 2 heterocycles. The average Bonchev–Trinajstić information content (AvgIpc) is 3.45. The van der Waals surface area contributed by atoms with Gasteiger partial charge < -0.3 is 20.3 Å². The number of rotatable bonds is 11. The number of Topliss-reactive ketones (excluding diaryl/α,β-unsaturated/α-hetero) is 1. The summed E-state index contributed by atoms with van der Waals surface area (Å²) in [6, 6.07) is -0.417. The normalized spacial score (nSPS) is 20.5. The van der Waals surface area contributed by atoms with Gasteiger partial charge in [-0.25, -0.2) is 14.4 Å². The van der Waals surface area contributed by atoms with Crippen LogP contribution in [0.1, 0.15) is 52.4 Å². The molecule has 1 aliphatic heterocycles. The Hall–Kier alpha value is -2.07. The number of nitrogens with zero attached hydrogens (tertiary/aromatic N) is 3. The number of carbonyl (C=O) groups excluding carboxylic acids is 2. The van der Waals surface area contributed by atoms with E-state index in [0.29, 0.717) is 37.7 Å². The first-order chi connectivity index (χ1) is 14.2. The number of halogens is 1. The summed E-state index contributed by atoms with van der Waals surface area (Å²) in [4.78, 5) is 35.4. The highest BCUT2D eigenvalue weighted by atomic mass is 19.1. The maximum absolute atomic E-state index is 13.1. The van der Waals surface area contributed by atoms with E-state index in [-0.39, 0.29) is 24.0 Å². The van der Waals surface area contributed by atoms with E-state index in [1.807, 2.05) is 13.8 Å². The Kier molecular flexibility index (Phi) is 7.41. The Labute approximate surface area is 176 Å². The zero-order valence-electron chi connectivity index (χ0n) is 17.5. The molecular weight excluding hydrogens is 390 g/mol. The van der Waals surface area contributed by atoms with Crippen molar-refractivity contribution in [3.05, 3.63) is 18.2 Å². The number of nitrogens with one attached hydrogen (secondary N) is 1. The summed E-state index contributed by atoms with van der Waals surface area (Å²) < 4.78 is 13.1. The van der Waals surface area contributed by atoms with Gasteiger partial charge in [0.25, 0.3) is 0 Å². The van der Waals surface area contributed by atoms with Gasteiger partial charge in [-0.3, -0.25) is 9.59 Å². The lowest BCUT2D eigenvalue weighted by atomic mass is 9.74. The quantitative estimate of drug-likeness (QED) is 0.460. The number of carbonyl (C=O) groups is 2. The number of hydrogen-bond donors (Lipinski definition) is 3. The second-order valence-corrected chi connectivity index (χ2v) is 8.90. The van der Waals surface area contributed by atoms with Gasteiger partial charge in [-0.1, -0.05) is 26.7 Å². The largest absolute Gasteiger partial charge is 0.475 e. The predicted molar refractivity (Wildman–Crippen MR) is 110 cm³/mol. The van der Waals surface area contributed by atoms with Crippen LogP contribution in [0.5, 0.6) is 0 Å². The molecule has 30 heavy (non-hydrogen) atoms. The van der Waals surface area contributed by atoms with Gasteiger partial charge in [-0.2, -0.15) is 0 Å². The topological polar surface area (TPSA) is 116 Å². The van der Waals surface area contributed by atoms with E-state index >= 15 is 0 Å². The smallest absolute Gasteiger partial charge is 0.426 e. The van der Waals surface area contributed by atoms with Crippen LogP contribution in [0, 0.1) is 23.6 Å². The van der Waals surface area contributed by atoms with Crippen LogP contribution in [0.15, 0.2) is 12.4 Å². The molecule has 1 aliphatic carbocycles. The van der Waals surface area contributed by atoms with E-state index in [2.05, 4.69) is 15.3 Å². The molecule has 2 aliphatic rings. The van der Waals surface area contributed by atoms with Crippen LogP contribution in [0.4, 0.5) is 10.3 Å². The number of ketones is 1. The molecule has 2 fully saturated rings. The van der Waals surface area contributed by atoms with Gasteiger partial charge in [0.2, 0.25) is 11.9 Å². The van der Waals surface area contributed by atoms with Crippen molar-refractivity contribution in [2.45, 2.75) is 64.4 Å². The van der Waals surface area contributed by atoms with E-state index in [1.165, 1.54) is 0 Å². The fraction of sp³-hybridized carbons (Fsp3) is 0.700. The second-order valence-electron chi connectivity index (χ2n) is 8.90. The van der Waals surface area contributed by atoms with Crippen molar-refractivity contribution >= 4 is 24.8 Å². The van der Waals surface area contributed by atoms with Gasteiger partial charge in [0.05, 0.1) is 24.4 Å². The Bertz CT molecular complexity index is 745. The Balaban J connectivity index is 1.63. The zero-order chi connectivity index (χ0) is 21.8.